The number of hydrogen-bond donors (Lipinski definition) is 2. The normalized spacial score (nSPS) is 46.6. The Labute approximate surface area is 199 Å². The molecule has 0 aromatic heterocycles. The summed E-state index contributed by atoms with van der Waals surface area (Å²) < 4.78 is 0. The molecule has 0 aromatic rings. The van der Waals surface area contributed by atoms with Crippen LogP contribution < -0.4 is 0 Å². The Hall–Kier alpha value is -1.16. The van der Waals surface area contributed by atoms with E-state index in [-0.39, 0.29) is 17.6 Å². The number of aliphatic hydroxyl groups is 1. The van der Waals surface area contributed by atoms with Gasteiger partial charge < -0.3 is 10.2 Å². The first-order valence-corrected chi connectivity index (χ1v) is 13.6. The van der Waals surface area contributed by atoms with Crippen LogP contribution in [0.5, 0.6) is 0 Å². The minimum atomic E-state index is -1.00. The summed E-state index contributed by atoms with van der Waals surface area (Å²) in [5.74, 6) is 3.07. The molecule has 0 saturated heterocycles. The van der Waals surface area contributed by atoms with Gasteiger partial charge >= 0.3 is 5.97 Å². The lowest BCUT2D eigenvalue weighted by Crippen LogP contribution is -2.53. The third-order valence-corrected chi connectivity index (χ3v) is 12.3. The molecule has 4 unspecified atom stereocenters. The average Bonchev–Trinajstić information content (AvgIpc) is 3.30. The summed E-state index contributed by atoms with van der Waals surface area (Å²) in [6.45, 7) is 9.06. The molecule has 2 spiro atoms. The number of allylic oxidation sites excluding steroid dienone is 1. The predicted molar refractivity (Wildman–Crippen MR) is 128 cm³/mol. The maximum absolute atomic E-state index is 12.8. The van der Waals surface area contributed by atoms with Crippen molar-refractivity contribution in [2.75, 3.05) is 6.61 Å². The van der Waals surface area contributed by atoms with Crippen LogP contribution >= 0.6 is 0 Å². The molecule has 5 aliphatic rings. The van der Waals surface area contributed by atoms with E-state index in [0.717, 1.165) is 37.5 Å². The van der Waals surface area contributed by atoms with Crippen LogP contribution in [0.1, 0.15) is 98.3 Å². The molecule has 5 saturated carbocycles. The highest BCUT2D eigenvalue weighted by atomic mass is 16.4. The summed E-state index contributed by atoms with van der Waals surface area (Å²) in [7, 11) is 0. The molecule has 4 nitrogen and oxygen atoms in total. The van der Waals surface area contributed by atoms with Gasteiger partial charge in [0.2, 0.25) is 0 Å². The van der Waals surface area contributed by atoms with Crippen LogP contribution in [-0.4, -0.2) is 28.6 Å². The van der Waals surface area contributed by atoms with Crippen LogP contribution in [0.3, 0.4) is 0 Å². The van der Waals surface area contributed by atoms with Crippen LogP contribution in [0, 0.1) is 51.2 Å². The van der Waals surface area contributed by atoms with E-state index in [1.54, 1.807) is 6.08 Å². The summed E-state index contributed by atoms with van der Waals surface area (Å²) in [4.78, 5) is 24.0. The van der Waals surface area contributed by atoms with Crippen LogP contribution in [0.2, 0.25) is 0 Å². The van der Waals surface area contributed by atoms with Gasteiger partial charge in [0, 0.05) is 11.8 Å². The van der Waals surface area contributed by atoms with E-state index in [4.69, 9.17) is 5.11 Å². The second kappa shape index (κ2) is 7.67. The Balaban J connectivity index is 1.31. The summed E-state index contributed by atoms with van der Waals surface area (Å²) >= 11 is 0. The van der Waals surface area contributed by atoms with E-state index < -0.39 is 5.97 Å². The first-order chi connectivity index (χ1) is 15.5. The summed E-state index contributed by atoms with van der Waals surface area (Å²) in [5, 5.41) is 18.4. The predicted octanol–water partition coefficient (Wildman–Crippen LogP) is 6.02. The quantitative estimate of drug-likeness (QED) is 0.479. The molecule has 8 atom stereocenters. The Kier molecular flexibility index (Phi) is 5.48. The van der Waals surface area contributed by atoms with Crippen molar-refractivity contribution in [1.29, 1.82) is 0 Å². The van der Waals surface area contributed by atoms with Crippen molar-refractivity contribution >= 4 is 11.8 Å². The number of aliphatic carboxylic acids is 1. The summed E-state index contributed by atoms with van der Waals surface area (Å²) in [6, 6.07) is 0. The zero-order valence-corrected chi connectivity index (χ0v) is 21.2. The van der Waals surface area contributed by atoms with Crippen molar-refractivity contribution in [1.82, 2.24) is 0 Å². The smallest absolute Gasteiger partial charge is 0.333 e. The monoisotopic (exact) mass is 456 g/mol. The molecule has 5 fully saturated rings. The molecule has 0 amide bonds. The minimum absolute atomic E-state index is 0.127. The van der Waals surface area contributed by atoms with Crippen molar-refractivity contribution in [3.05, 3.63) is 11.6 Å². The molecule has 2 N–H and O–H groups in total. The second-order valence-corrected chi connectivity index (χ2v) is 13.4. The zero-order chi connectivity index (χ0) is 23.8. The highest BCUT2D eigenvalue weighted by Crippen LogP contribution is 2.86. The molecule has 0 aromatic carbocycles. The molecule has 0 heterocycles. The molecular weight excluding hydrogens is 412 g/mol. The number of carbonyl (C=O) groups excluding carboxylic acids is 1. The number of aliphatic hydroxyl groups excluding tert-OH is 1. The van der Waals surface area contributed by atoms with Gasteiger partial charge in [-0.3, -0.25) is 4.79 Å². The topological polar surface area (TPSA) is 74.6 Å². The molecule has 0 bridgehead atoms. The van der Waals surface area contributed by atoms with Crippen molar-refractivity contribution in [2.45, 2.75) is 98.3 Å². The van der Waals surface area contributed by atoms with Gasteiger partial charge in [-0.05, 0) is 110 Å². The second-order valence-electron chi connectivity index (χ2n) is 13.4. The molecule has 33 heavy (non-hydrogen) atoms. The van der Waals surface area contributed by atoms with Crippen molar-refractivity contribution in [3.63, 3.8) is 0 Å². The number of Topliss-reactive ketones (excluding diaryl/α,β-unsaturated/α-hetero) is 1. The Morgan fingerprint density at radius 1 is 1.06 bits per heavy atom. The number of carboxylic acid groups (broad SMARTS) is 1. The average molecular weight is 457 g/mol. The number of carbonyl (C=O) groups is 2. The van der Waals surface area contributed by atoms with Crippen molar-refractivity contribution < 1.29 is 19.8 Å². The number of hydrogen-bond acceptors (Lipinski definition) is 3. The highest BCUT2D eigenvalue weighted by molar-refractivity contribution is 5.86. The third-order valence-electron chi connectivity index (χ3n) is 12.3. The fraction of sp³-hybridized carbons (Fsp3) is 0.862. The van der Waals surface area contributed by atoms with Crippen molar-refractivity contribution in [2.24, 2.45) is 51.2 Å². The highest BCUT2D eigenvalue weighted by Gasteiger charge is 2.80. The lowest BCUT2D eigenvalue weighted by molar-refractivity contribution is -0.145. The van der Waals surface area contributed by atoms with E-state index in [0.29, 0.717) is 39.8 Å². The van der Waals surface area contributed by atoms with Crippen LogP contribution in [0.4, 0.5) is 0 Å². The lowest BCUT2D eigenvalue weighted by Gasteiger charge is -2.58. The van der Waals surface area contributed by atoms with E-state index in [1.165, 1.54) is 44.9 Å². The fourth-order valence-corrected chi connectivity index (χ4v) is 10.6. The fourth-order valence-electron chi connectivity index (χ4n) is 10.6. The number of rotatable bonds is 6. The largest absolute Gasteiger partial charge is 0.478 e. The van der Waals surface area contributed by atoms with Gasteiger partial charge in [0.05, 0.1) is 12.2 Å². The van der Waals surface area contributed by atoms with Gasteiger partial charge in [-0.15, -0.1) is 0 Å². The molecule has 0 aliphatic heterocycles. The molecule has 5 rings (SSSR count). The van der Waals surface area contributed by atoms with E-state index in [2.05, 4.69) is 27.7 Å². The van der Waals surface area contributed by atoms with Crippen LogP contribution in [0.25, 0.3) is 0 Å². The SMILES string of the molecule is CC(CC/C=C(/CO)C(=O)O)[C@H]1CCC2C3CCC4C(C)(C)C(=O)CC[C@@]45C[C@@]35CC[C@@]21C. The van der Waals surface area contributed by atoms with Gasteiger partial charge in [-0.2, -0.15) is 0 Å². The number of fused-ring (bicyclic) bond motifs is 2. The maximum Gasteiger partial charge on any atom is 0.333 e. The van der Waals surface area contributed by atoms with Gasteiger partial charge in [0.25, 0.3) is 0 Å². The van der Waals surface area contributed by atoms with Crippen LogP contribution in [0.15, 0.2) is 11.6 Å². The first-order valence-electron chi connectivity index (χ1n) is 13.6. The van der Waals surface area contributed by atoms with Gasteiger partial charge in [-0.25, -0.2) is 4.79 Å². The van der Waals surface area contributed by atoms with Crippen LogP contribution in [-0.2, 0) is 9.59 Å². The minimum Gasteiger partial charge on any atom is -0.478 e. The number of ketones is 1. The maximum atomic E-state index is 12.8. The Bertz CT molecular complexity index is 873. The van der Waals surface area contributed by atoms with Gasteiger partial charge in [0.1, 0.15) is 5.78 Å². The molecule has 0 radical (unpaired) electrons. The molecule has 184 valence electrons. The summed E-state index contributed by atoms with van der Waals surface area (Å²) in [6.07, 6.45) is 14.8. The molecular formula is C29H44O4. The Morgan fingerprint density at radius 2 is 1.79 bits per heavy atom. The standard InChI is InChI=1S/C29H44O4/c1-18(6-5-7-19(16-30)25(32)33)20-8-9-21-22-10-11-23-26(2,3)24(31)12-13-29(23)17-28(22,29)15-14-27(20,21)4/h7,18,20-23,30H,5-6,8-17H2,1-4H3,(H,32,33)/b19-7-/t18?,20-,21?,22?,23?,27-,28+,29-/m1/s1. The summed E-state index contributed by atoms with van der Waals surface area (Å²) in [5.41, 5.74) is 1.39. The molecule has 4 heteroatoms. The zero-order valence-electron chi connectivity index (χ0n) is 21.2. The van der Waals surface area contributed by atoms with E-state index in [1.807, 2.05) is 0 Å². The first kappa shape index (κ1) is 23.6. The lowest BCUT2D eigenvalue weighted by atomic mass is 9.46. The van der Waals surface area contributed by atoms with Gasteiger partial charge in [0.15, 0.2) is 0 Å². The molecule has 5 aliphatic carbocycles. The third kappa shape index (κ3) is 3.11. The van der Waals surface area contributed by atoms with E-state index >= 15 is 0 Å². The van der Waals surface area contributed by atoms with Gasteiger partial charge in [-0.1, -0.05) is 33.8 Å². The number of carboxylic acids is 1. The van der Waals surface area contributed by atoms with E-state index in [9.17, 15) is 14.7 Å². The van der Waals surface area contributed by atoms with Crippen molar-refractivity contribution in [3.8, 4) is 0 Å². The Morgan fingerprint density at radius 3 is 2.48 bits per heavy atom.